The van der Waals surface area contributed by atoms with E-state index in [-0.39, 0.29) is 5.91 Å². The Balaban J connectivity index is 1.72. The van der Waals surface area contributed by atoms with Crippen LogP contribution in [-0.4, -0.2) is 24.0 Å². The number of anilines is 2. The third-order valence-electron chi connectivity index (χ3n) is 4.61. The van der Waals surface area contributed by atoms with Crippen molar-refractivity contribution >= 4 is 28.1 Å². The van der Waals surface area contributed by atoms with E-state index in [1.807, 2.05) is 49.2 Å². The summed E-state index contributed by atoms with van der Waals surface area (Å²) >= 11 is 1.47. The van der Waals surface area contributed by atoms with Crippen LogP contribution in [0.15, 0.2) is 30.3 Å². The van der Waals surface area contributed by atoms with E-state index in [9.17, 15) is 4.79 Å². The molecule has 1 heterocycles. The van der Waals surface area contributed by atoms with Gasteiger partial charge in [0.25, 0.3) is 5.91 Å². The van der Waals surface area contributed by atoms with Crippen molar-refractivity contribution in [3.63, 3.8) is 0 Å². The molecule has 0 bridgehead atoms. The van der Waals surface area contributed by atoms with E-state index < -0.39 is 0 Å². The number of rotatable bonds is 4. The van der Waals surface area contributed by atoms with E-state index in [2.05, 4.69) is 10.3 Å². The van der Waals surface area contributed by atoms with Gasteiger partial charge in [-0.1, -0.05) is 55.2 Å². The summed E-state index contributed by atoms with van der Waals surface area (Å²) in [7, 11) is 1.99. The monoisotopic (exact) mass is 343 g/mol. The first-order valence-electron chi connectivity index (χ1n) is 8.72. The summed E-state index contributed by atoms with van der Waals surface area (Å²) in [6.45, 7) is 1.92. The number of aryl methyl sites for hydroxylation is 1. The van der Waals surface area contributed by atoms with Crippen molar-refractivity contribution in [2.75, 3.05) is 11.9 Å². The summed E-state index contributed by atoms with van der Waals surface area (Å²) in [5.74, 6) is 0.0320. The molecule has 1 amide bonds. The maximum absolute atomic E-state index is 12.7. The van der Waals surface area contributed by atoms with Crippen LogP contribution in [0.1, 0.15) is 53.9 Å². The Morgan fingerprint density at radius 1 is 1.17 bits per heavy atom. The second-order valence-corrected chi connectivity index (χ2v) is 7.45. The minimum absolute atomic E-state index is 0.0320. The number of hydrogen-bond acceptors (Lipinski definition) is 4. The van der Waals surface area contributed by atoms with Gasteiger partial charge in [0, 0.05) is 18.8 Å². The number of aromatic nitrogens is 1. The summed E-state index contributed by atoms with van der Waals surface area (Å²) in [5.41, 5.74) is 1.88. The molecule has 2 aromatic rings. The molecular formula is C19H25N3OS. The van der Waals surface area contributed by atoms with E-state index >= 15 is 0 Å². The Kier molecular flexibility index (Phi) is 5.51. The van der Waals surface area contributed by atoms with Gasteiger partial charge in [-0.25, -0.2) is 4.98 Å². The van der Waals surface area contributed by atoms with E-state index in [0.29, 0.717) is 6.04 Å². The number of thiazole rings is 1. The zero-order valence-electron chi connectivity index (χ0n) is 14.4. The van der Waals surface area contributed by atoms with Gasteiger partial charge < -0.3 is 10.2 Å². The molecule has 1 N–H and O–H groups in total. The van der Waals surface area contributed by atoms with Gasteiger partial charge in [0.05, 0.1) is 5.69 Å². The normalized spacial score (nSPS) is 15.8. The summed E-state index contributed by atoms with van der Waals surface area (Å²) in [5, 5.41) is 4.07. The maximum atomic E-state index is 12.7. The summed E-state index contributed by atoms with van der Waals surface area (Å²) in [6.07, 6.45) is 7.21. The molecular weight excluding hydrogens is 318 g/mol. The first-order chi connectivity index (χ1) is 11.6. The van der Waals surface area contributed by atoms with Gasteiger partial charge in [0.1, 0.15) is 4.88 Å². The smallest absolute Gasteiger partial charge is 0.263 e. The molecule has 24 heavy (non-hydrogen) atoms. The van der Waals surface area contributed by atoms with E-state index in [0.717, 1.165) is 34.2 Å². The molecule has 0 saturated heterocycles. The van der Waals surface area contributed by atoms with Crippen LogP contribution in [0.25, 0.3) is 0 Å². The van der Waals surface area contributed by atoms with Crippen molar-refractivity contribution in [1.82, 2.24) is 10.3 Å². The fraction of sp³-hybridized carbons (Fsp3) is 0.474. The van der Waals surface area contributed by atoms with Crippen LogP contribution in [0.3, 0.4) is 0 Å². The van der Waals surface area contributed by atoms with Crippen molar-refractivity contribution < 1.29 is 4.79 Å². The van der Waals surface area contributed by atoms with Crippen LogP contribution in [0.2, 0.25) is 0 Å². The predicted molar refractivity (Wildman–Crippen MR) is 100 cm³/mol. The number of carbonyl (C=O) groups is 1. The number of hydrogen-bond donors (Lipinski definition) is 1. The molecule has 3 rings (SSSR count). The molecule has 5 heteroatoms. The van der Waals surface area contributed by atoms with Crippen LogP contribution in [0, 0.1) is 6.92 Å². The third kappa shape index (κ3) is 3.96. The van der Waals surface area contributed by atoms with Gasteiger partial charge in [0.15, 0.2) is 5.13 Å². The maximum Gasteiger partial charge on any atom is 0.263 e. The molecule has 4 nitrogen and oxygen atoms in total. The molecule has 0 spiro atoms. The molecule has 0 unspecified atom stereocenters. The van der Waals surface area contributed by atoms with Gasteiger partial charge in [-0.2, -0.15) is 0 Å². The number of para-hydroxylation sites is 1. The van der Waals surface area contributed by atoms with Crippen molar-refractivity contribution in [2.24, 2.45) is 0 Å². The standard InChI is InChI=1S/C19H25N3OS/c1-14-17(18(23)21-15-10-6-3-4-7-11-15)24-19(20-14)22(2)16-12-8-5-9-13-16/h5,8-9,12-13,15H,3-4,6-7,10-11H2,1-2H3,(H,21,23). The highest BCUT2D eigenvalue weighted by molar-refractivity contribution is 7.17. The second-order valence-electron chi connectivity index (χ2n) is 6.47. The molecule has 0 atom stereocenters. The van der Waals surface area contributed by atoms with Crippen LogP contribution in [-0.2, 0) is 0 Å². The SMILES string of the molecule is Cc1nc(N(C)c2ccccc2)sc1C(=O)NC1CCCCCC1. The topological polar surface area (TPSA) is 45.2 Å². The zero-order chi connectivity index (χ0) is 16.9. The van der Waals surface area contributed by atoms with Crippen molar-refractivity contribution in [2.45, 2.75) is 51.5 Å². The Morgan fingerprint density at radius 3 is 2.50 bits per heavy atom. The number of benzene rings is 1. The minimum Gasteiger partial charge on any atom is -0.349 e. The van der Waals surface area contributed by atoms with Crippen molar-refractivity contribution in [3.8, 4) is 0 Å². The van der Waals surface area contributed by atoms with Crippen LogP contribution in [0.5, 0.6) is 0 Å². The average molecular weight is 343 g/mol. The Bertz CT molecular complexity index is 675. The highest BCUT2D eigenvalue weighted by Gasteiger charge is 2.21. The van der Waals surface area contributed by atoms with Crippen molar-refractivity contribution in [3.05, 3.63) is 40.9 Å². The lowest BCUT2D eigenvalue weighted by molar-refractivity contribution is 0.0936. The Labute approximate surface area is 147 Å². The van der Waals surface area contributed by atoms with Gasteiger partial charge in [-0.15, -0.1) is 0 Å². The molecule has 0 aliphatic heterocycles. The highest BCUT2D eigenvalue weighted by Crippen LogP contribution is 2.30. The van der Waals surface area contributed by atoms with Crippen molar-refractivity contribution in [1.29, 1.82) is 0 Å². The van der Waals surface area contributed by atoms with Crippen LogP contribution in [0.4, 0.5) is 10.8 Å². The van der Waals surface area contributed by atoms with Crippen LogP contribution < -0.4 is 10.2 Å². The number of carbonyl (C=O) groups excluding carboxylic acids is 1. The lowest BCUT2D eigenvalue weighted by Gasteiger charge is -2.16. The van der Waals surface area contributed by atoms with E-state index in [1.54, 1.807) is 0 Å². The molecule has 1 saturated carbocycles. The fourth-order valence-corrected chi connectivity index (χ4v) is 4.13. The quantitative estimate of drug-likeness (QED) is 0.820. The lowest BCUT2D eigenvalue weighted by Crippen LogP contribution is -2.34. The zero-order valence-corrected chi connectivity index (χ0v) is 15.2. The van der Waals surface area contributed by atoms with Gasteiger partial charge >= 0.3 is 0 Å². The molecule has 1 aliphatic rings. The highest BCUT2D eigenvalue weighted by atomic mass is 32.1. The largest absolute Gasteiger partial charge is 0.349 e. The average Bonchev–Trinajstić information content (AvgIpc) is 2.81. The number of nitrogens with one attached hydrogen (secondary N) is 1. The summed E-state index contributed by atoms with van der Waals surface area (Å²) < 4.78 is 0. The molecule has 1 aromatic carbocycles. The molecule has 128 valence electrons. The molecule has 0 radical (unpaired) electrons. The number of amides is 1. The predicted octanol–water partition coefficient (Wildman–Crippen LogP) is 4.67. The Morgan fingerprint density at radius 2 is 1.83 bits per heavy atom. The van der Waals surface area contributed by atoms with Crippen LogP contribution >= 0.6 is 11.3 Å². The first-order valence-corrected chi connectivity index (χ1v) is 9.54. The van der Waals surface area contributed by atoms with E-state index in [1.165, 1.54) is 37.0 Å². The molecule has 1 aromatic heterocycles. The third-order valence-corrected chi connectivity index (χ3v) is 5.84. The summed E-state index contributed by atoms with van der Waals surface area (Å²) in [6, 6.07) is 10.4. The molecule has 1 fully saturated rings. The second kappa shape index (κ2) is 7.79. The van der Waals surface area contributed by atoms with Gasteiger partial charge in [0.2, 0.25) is 0 Å². The van der Waals surface area contributed by atoms with Gasteiger partial charge in [-0.05, 0) is 31.9 Å². The Hall–Kier alpha value is -1.88. The van der Waals surface area contributed by atoms with Gasteiger partial charge in [-0.3, -0.25) is 4.79 Å². The summed E-state index contributed by atoms with van der Waals surface area (Å²) in [4.78, 5) is 20.0. The fourth-order valence-electron chi connectivity index (χ4n) is 3.17. The van der Waals surface area contributed by atoms with E-state index in [4.69, 9.17) is 0 Å². The minimum atomic E-state index is 0.0320. The lowest BCUT2D eigenvalue weighted by atomic mass is 10.1. The first kappa shape index (κ1) is 17.0. The number of nitrogens with zero attached hydrogens (tertiary/aromatic N) is 2. The molecule has 1 aliphatic carbocycles.